The van der Waals surface area contributed by atoms with E-state index >= 15 is 0 Å². The van der Waals surface area contributed by atoms with Gasteiger partial charge in [0.1, 0.15) is 17.1 Å². The molecule has 1 aliphatic heterocycles. The zero-order chi connectivity index (χ0) is 21.2. The van der Waals surface area contributed by atoms with E-state index in [0.717, 1.165) is 31.0 Å². The van der Waals surface area contributed by atoms with Crippen LogP contribution in [-0.2, 0) is 14.3 Å². The van der Waals surface area contributed by atoms with Gasteiger partial charge in [-0.05, 0) is 43.4 Å². The molecule has 1 amide bonds. The third-order valence-corrected chi connectivity index (χ3v) is 6.59. The quantitative estimate of drug-likeness (QED) is 0.606. The summed E-state index contributed by atoms with van der Waals surface area (Å²) < 4.78 is 13.8. The van der Waals surface area contributed by atoms with Crippen molar-refractivity contribution in [1.82, 2.24) is 18.7 Å². The Morgan fingerprint density at radius 2 is 1.97 bits per heavy atom. The lowest BCUT2D eigenvalue weighted by molar-refractivity contribution is -0.148. The zero-order valence-corrected chi connectivity index (χ0v) is 17.6. The van der Waals surface area contributed by atoms with E-state index in [1.165, 1.54) is 6.42 Å². The number of anilines is 2. The second-order valence-corrected chi connectivity index (χ2v) is 8.44. The van der Waals surface area contributed by atoms with Crippen molar-refractivity contribution in [2.24, 2.45) is 5.92 Å². The van der Waals surface area contributed by atoms with Crippen LogP contribution in [0, 0.1) is 5.92 Å². The van der Waals surface area contributed by atoms with Crippen LogP contribution in [0.4, 0.5) is 11.6 Å². The van der Waals surface area contributed by atoms with E-state index in [0.29, 0.717) is 35.0 Å². The first-order valence-corrected chi connectivity index (χ1v) is 11.2. The smallest absolute Gasteiger partial charge is 0.329 e. The number of amides is 1. The minimum absolute atomic E-state index is 0.234. The van der Waals surface area contributed by atoms with Gasteiger partial charge in [-0.1, -0.05) is 18.9 Å². The van der Waals surface area contributed by atoms with Crippen molar-refractivity contribution < 1.29 is 14.3 Å². The van der Waals surface area contributed by atoms with Crippen molar-refractivity contribution in [3.8, 4) is 0 Å². The number of carbonyl (C=O) groups is 2. The Labute approximate surface area is 183 Å². The van der Waals surface area contributed by atoms with E-state index in [1.807, 2.05) is 11.0 Å². The number of rotatable bonds is 5. The molecule has 9 nitrogen and oxygen atoms in total. The number of esters is 1. The monoisotopic (exact) mass is 438 g/mol. The maximum Gasteiger partial charge on any atom is 0.329 e. The maximum atomic E-state index is 13.0. The lowest BCUT2D eigenvalue weighted by Gasteiger charge is -2.33. The fourth-order valence-electron chi connectivity index (χ4n) is 4.71. The fourth-order valence-corrected chi connectivity index (χ4v) is 5.26. The second-order valence-electron chi connectivity index (χ2n) is 7.91. The molecular weight excluding hydrogens is 416 g/mol. The lowest BCUT2D eigenvalue weighted by Crippen LogP contribution is -2.44. The van der Waals surface area contributed by atoms with Crippen LogP contribution in [0.3, 0.4) is 0 Å². The summed E-state index contributed by atoms with van der Waals surface area (Å²) in [5.41, 5.74) is 1.89. The van der Waals surface area contributed by atoms with Gasteiger partial charge in [-0.3, -0.25) is 4.79 Å². The van der Waals surface area contributed by atoms with E-state index in [2.05, 4.69) is 24.0 Å². The van der Waals surface area contributed by atoms with Gasteiger partial charge < -0.3 is 15.0 Å². The largest absolute Gasteiger partial charge is 0.454 e. The summed E-state index contributed by atoms with van der Waals surface area (Å²) in [6, 6.07) is 6.89. The molecular formula is C21H22N6O3S. The van der Waals surface area contributed by atoms with Gasteiger partial charge in [-0.25, -0.2) is 14.8 Å². The van der Waals surface area contributed by atoms with Crippen LogP contribution in [0.15, 0.2) is 36.7 Å². The molecule has 160 valence electrons. The number of aromatic nitrogens is 4. The van der Waals surface area contributed by atoms with E-state index in [-0.39, 0.29) is 12.6 Å². The van der Waals surface area contributed by atoms with E-state index < -0.39 is 17.9 Å². The van der Waals surface area contributed by atoms with Gasteiger partial charge in [0.2, 0.25) is 5.95 Å². The highest BCUT2D eigenvalue weighted by atomic mass is 32.1. The highest BCUT2D eigenvalue weighted by Crippen LogP contribution is 2.41. The summed E-state index contributed by atoms with van der Waals surface area (Å²) in [5.74, 6) is 0.141. The first kappa shape index (κ1) is 19.8. The highest BCUT2D eigenvalue weighted by Gasteiger charge is 2.47. The number of carbonyl (C=O) groups excluding carboxylic acids is 2. The number of ether oxygens (including phenoxy) is 1. The molecule has 1 saturated carbocycles. The molecule has 3 aromatic rings. The van der Waals surface area contributed by atoms with Gasteiger partial charge in [0.25, 0.3) is 5.91 Å². The molecule has 3 heterocycles. The van der Waals surface area contributed by atoms with E-state index in [9.17, 15) is 9.59 Å². The Morgan fingerprint density at radius 1 is 1.13 bits per heavy atom. The van der Waals surface area contributed by atoms with Crippen LogP contribution in [0.1, 0.15) is 32.1 Å². The maximum absolute atomic E-state index is 13.0. The first-order valence-electron chi connectivity index (χ1n) is 10.4. The summed E-state index contributed by atoms with van der Waals surface area (Å²) in [6.45, 7) is -0.359. The van der Waals surface area contributed by atoms with Crippen LogP contribution in [-0.4, -0.2) is 49.3 Å². The Kier molecular flexibility index (Phi) is 5.46. The average molecular weight is 439 g/mol. The van der Waals surface area contributed by atoms with E-state index in [4.69, 9.17) is 4.74 Å². The van der Waals surface area contributed by atoms with Crippen molar-refractivity contribution in [2.45, 2.75) is 44.2 Å². The molecule has 0 spiro atoms. The number of hydrogen-bond acceptors (Lipinski definition) is 9. The Hall–Kier alpha value is -3.14. The number of hydrogen-bond donors (Lipinski definition) is 1. The number of nitrogens with one attached hydrogen (secondary N) is 1. The summed E-state index contributed by atoms with van der Waals surface area (Å²) in [6.07, 6.45) is 8.47. The van der Waals surface area contributed by atoms with Gasteiger partial charge in [-0.15, -0.1) is 0 Å². The second kappa shape index (κ2) is 8.54. The molecule has 3 atom stereocenters. The van der Waals surface area contributed by atoms with Crippen LogP contribution in [0.5, 0.6) is 0 Å². The third-order valence-electron chi connectivity index (χ3n) is 6.05. The predicted molar refractivity (Wildman–Crippen MR) is 116 cm³/mol. The molecule has 0 bridgehead atoms. The Bertz CT molecular complexity index is 1090. The Morgan fingerprint density at radius 3 is 2.84 bits per heavy atom. The normalized spacial score (nSPS) is 22.8. The third kappa shape index (κ3) is 3.95. The molecule has 1 saturated heterocycles. The average Bonchev–Trinajstić information content (AvgIpc) is 3.43. The van der Waals surface area contributed by atoms with Crippen LogP contribution < -0.4 is 10.2 Å². The van der Waals surface area contributed by atoms with Crippen molar-refractivity contribution in [3.05, 3.63) is 36.7 Å². The van der Waals surface area contributed by atoms with Gasteiger partial charge in [0.05, 0.1) is 17.4 Å². The number of benzene rings is 1. The number of fused-ring (bicyclic) bond motifs is 2. The molecule has 5 rings (SSSR count). The van der Waals surface area contributed by atoms with Crippen LogP contribution in [0.25, 0.3) is 11.0 Å². The molecule has 2 fully saturated rings. The summed E-state index contributed by atoms with van der Waals surface area (Å²) in [4.78, 5) is 36.2. The summed E-state index contributed by atoms with van der Waals surface area (Å²) in [5, 5.41) is 2.76. The predicted octanol–water partition coefficient (Wildman–Crippen LogP) is 2.80. The standard InChI is InChI=1S/C21H22N6O3S/c28-18(24-14-6-3-7-15-19(14)26-31-25-15)12-30-20(29)17-11-13-5-1-2-8-16(13)27(17)21-22-9-4-10-23-21/h3-4,6-7,9-10,13,16-17H,1-2,5,8,11-12H2,(H,24,28)/t13-,16+,17+/m1/s1. The van der Waals surface area contributed by atoms with Gasteiger partial charge in [-0.2, -0.15) is 8.75 Å². The molecule has 31 heavy (non-hydrogen) atoms. The molecule has 2 aliphatic rings. The SMILES string of the molecule is O=C(COC(=O)[C@@H]1C[C@H]2CCCC[C@@H]2N1c1ncccn1)Nc1cccc2nsnc12. The van der Waals surface area contributed by atoms with Crippen molar-refractivity contribution in [2.75, 3.05) is 16.8 Å². The Balaban J connectivity index is 1.26. The molecule has 0 radical (unpaired) electrons. The van der Waals surface area contributed by atoms with Gasteiger partial charge in [0, 0.05) is 18.4 Å². The van der Waals surface area contributed by atoms with Crippen molar-refractivity contribution in [1.29, 1.82) is 0 Å². The van der Waals surface area contributed by atoms with Crippen LogP contribution >= 0.6 is 11.7 Å². The first-order chi connectivity index (χ1) is 15.2. The van der Waals surface area contributed by atoms with Crippen molar-refractivity contribution in [3.63, 3.8) is 0 Å². The molecule has 10 heteroatoms. The van der Waals surface area contributed by atoms with Gasteiger partial charge >= 0.3 is 5.97 Å². The molecule has 1 aliphatic carbocycles. The molecule has 2 aromatic heterocycles. The zero-order valence-electron chi connectivity index (χ0n) is 16.8. The number of nitrogens with zero attached hydrogens (tertiary/aromatic N) is 5. The molecule has 1 aromatic carbocycles. The topological polar surface area (TPSA) is 110 Å². The summed E-state index contributed by atoms with van der Waals surface area (Å²) in [7, 11) is 0. The minimum atomic E-state index is -0.477. The molecule has 0 unspecified atom stereocenters. The molecule has 1 N–H and O–H groups in total. The minimum Gasteiger partial charge on any atom is -0.454 e. The summed E-state index contributed by atoms with van der Waals surface area (Å²) >= 11 is 1.08. The van der Waals surface area contributed by atoms with Crippen LogP contribution in [0.2, 0.25) is 0 Å². The highest BCUT2D eigenvalue weighted by molar-refractivity contribution is 7.00. The van der Waals surface area contributed by atoms with E-state index in [1.54, 1.807) is 30.6 Å². The fraction of sp³-hybridized carbons (Fsp3) is 0.429. The lowest BCUT2D eigenvalue weighted by atomic mass is 9.85. The van der Waals surface area contributed by atoms with Gasteiger partial charge in [0.15, 0.2) is 6.61 Å². The van der Waals surface area contributed by atoms with Crippen molar-refractivity contribution >= 4 is 46.3 Å².